The number of benzene rings is 3. The smallest absolute Gasteiger partial charge is 0.283 e. The SMILES string of the molecule is N#C/C(=C\c1ccc(Sc2ccc(Cl)cc2)c([N+](=O)[O-])c1)c1nc2ccccc2[nH]1. The molecule has 0 unspecified atom stereocenters. The van der Waals surface area contributed by atoms with E-state index in [9.17, 15) is 15.4 Å². The van der Waals surface area contributed by atoms with Crippen molar-refractivity contribution >= 4 is 51.7 Å². The lowest BCUT2D eigenvalue weighted by molar-refractivity contribution is -0.387. The zero-order valence-corrected chi connectivity index (χ0v) is 16.9. The van der Waals surface area contributed by atoms with Crippen LogP contribution < -0.4 is 0 Å². The number of rotatable bonds is 5. The molecular weight excluding hydrogens is 420 g/mol. The van der Waals surface area contributed by atoms with Crippen molar-refractivity contribution in [2.24, 2.45) is 0 Å². The number of nitrogens with zero attached hydrogens (tertiary/aromatic N) is 3. The molecule has 1 aromatic heterocycles. The van der Waals surface area contributed by atoms with Gasteiger partial charge in [0.05, 0.1) is 26.4 Å². The average Bonchev–Trinajstić information content (AvgIpc) is 3.18. The number of aromatic nitrogens is 2. The quantitative estimate of drug-likeness (QED) is 0.225. The van der Waals surface area contributed by atoms with Gasteiger partial charge < -0.3 is 4.98 Å². The first-order valence-corrected chi connectivity index (χ1v) is 10.0. The van der Waals surface area contributed by atoms with Crippen molar-refractivity contribution in [3.8, 4) is 6.07 Å². The minimum atomic E-state index is -0.428. The maximum absolute atomic E-state index is 11.6. The fraction of sp³-hybridized carbons (Fsp3) is 0. The van der Waals surface area contributed by atoms with Gasteiger partial charge >= 0.3 is 0 Å². The standard InChI is InChI=1S/C22H13ClN4O2S/c23-16-6-8-17(9-7-16)30-21-10-5-14(12-20(21)27(28)29)11-15(13-24)22-25-18-3-1-2-4-19(18)26-22/h1-12H,(H,25,26)/b15-11+. The number of H-pyrrole nitrogens is 1. The van der Waals surface area contributed by atoms with Gasteiger partial charge in [-0.25, -0.2) is 4.98 Å². The van der Waals surface area contributed by atoms with Gasteiger partial charge in [0.15, 0.2) is 0 Å². The molecule has 0 radical (unpaired) electrons. The van der Waals surface area contributed by atoms with Crippen LogP contribution in [0.3, 0.4) is 0 Å². The Bertz CT molecular complexity index is 1290. The van der Waals surface area contributed by atoms with Crippen molar-refractivity contribution < 1.29 is 4.92 Å². The number of halogens is 1. The molecule has 1 heterocycles. The summed E-state index contributed by atoms with van der Waals surface area (Å²) >= 11 is 7.18. The Kier molecular flexibility index (Phi) is 5.53. The van der Waals surface area contributed by atoms with E-state index in [0.717, 1.165) is 15.9 Å². The van der Waals surface area contributed by atoms with Crippen LogP contribution in [0.2, 0.25) is 5.02 Å². The lowest BCUT2D eigenvalue weighted by atomic mass is 10.1. The van der Waals surface area contributed by atoms with E-state index in [1.54, 1.807) is 42.5 Å². The highest BCUT2D eigenvalue weighted by Crippen LogP contribution is 2.36. The monoisotopic (exact) mass is 432 g/mol. The van der Waals surface area contributed by atoms with E-state index in [1.807, 2.05) is 24.3 Å². The Balaban J connectivity index is 1.69. The molecule has 0 fully saturated rings. The number of nitriles is 1. The first kappa shape index (κ1) is 19.7. The molecule has 4 aromatic rings. The third-order valence-corrected chi connectivity index (χ3v) is 5.62. The summed E-state index contributed by atoms with van der Waals surface area (Å²) < 4.78 is 0. The van der Waals surface area contributed by atoms with Crippen molar-refractivity contribution in [3.05, 3.63) is 93.3 Å². The fourth-order valence-corrected chi connectivity index (χ4v) is 3.91. The maximum Gasteiger partial charge on any atom is 0.283 e. The highest BCUT2D eigenvalue weighted by Gasteiger charge is 2.16. The van der Waals surface area contributed by atoms with Crippen LogP contribution in [0.15, 0.2) is 76.5 Å². The second-order valence-corrected chi connectivity index (χ2v) is 7.86. The van der Waals surface area contributed by atoms with Crippen LogP contribution in [0.1, 0.15) is 11.4 Å². The number of aromatic amines is 1. The topological polar surface area (TPSA) is 95.6 Å². The van der Waals surface area contributed by atoms with Gasteiger partial charge in [-0.1, -0.05) is 41.6 Å². The third-order valence-electron chi connectivity index (χ3n) is 4.30. The summed E-state index contributed by atoms with van der Waals surface area (Å²) in [5.41, 5.74) is 2.35. The summed E-state index contributed by atoms with van der Waals surface area (Å²) in [4.78, 5) is 20.1. The van der Waals surface area contributed by atoms with E-state index < -0.39 is 4.92 Å². The van der Waals surface area contributed by atoms with E-state index in [1.165, 1.54) is 17.8 Å². The average molecular weight is 433 g/mol. The number of hydrogen-bond acceptors (Lipinski definition) is 5. The number of nitro benzene ring substituents is 1. The second-order valence-electron chi connectivity index (χ2n) is 6.31. The number of allylic oxidation sites excluding steroid dienone is 1. The van der Waals surface area contributed by atoms with E-state index in [2.05, 4.69) is 16.0 Å². The molecule has 3 aromatic carbocycles. The molecule has 0 saturated heterocycles. The fourth-order valence-electron chi connectivity index (χ4n) is 2.88. The van der Waals surface area contributed by atoms with Gasteiger partial charge in [0, 0.05) is 16.0 Å². The summed E-state index contributed by atoms with van der Waals surface area (Å²) in [6, 6.07) is 21.5. The van der Waals surface area contributed by atoms with Crippen LogP contribution in [0, 0.1) is 21.4 Å². The molecule has 30 heavy (non-hydrogen) atoms. The summed E-state index contributed by atoms with van der Waals surface area (Å²) in [7, 11) is 0. The van der Waals surface area contributed by atoms with E-state index in [4.69, 9.17) is 11.6 Å². The zero-order valence-electron chi connectivity index (χ0n) is 15.4. The molecule has 8 heteroatoms. The summed E-state index contributed by atoms with van der Waals surface area (Å²) in [6.45, 7) is 0. The van der Waals surface area contributed by atoms with Gasteiger partial charge in [-0.05, 0) is 54.1 Å². The Morgan fingerprint density at radius 2 is 1.93 bits per heavy atom. The normalized spacial score (nSPS) is 11.4. The van der Waals surface area contributed by atoms with Crippen molar-refractivity contribution in [2.75, 3.05) is 0 Å². The molecule has 0 spiro atoms. The Morgan fingerprint density at radius 3 is 2.63 bits per heavy atom. The first-order chi connectivity index (χ1) is 14.5. The maximum atomic E-state index is 11.6. The number of fused-ring (bicyclic) bond motifs is 1. The molecule has 0 aliphatic heterocycles. The molecule has 1 N–H and O–H groups in total. The van der Waals surface area contributed by atoms with Crippen LogP contribution in [0.5, 0.6) is 0 Å². The zero-order chi connectivity index (χ0) is 21.1. The molecule has 4 rings (SSSR count). The number of hydrogen-bond donors (Lipinski definition) is 1. The Hall–Kier alpha value is -3.60. The van der Waals surface area contributed by atoms with E-state index in [-0.39, 0.29) is 5.69 Å². The molecule has 6 nitrogen and oxygen atoms in total. The first-order valence-electron chi connectivity index (χ1n) is 8.82. The third kappa shape index (κ3) is 4.20. The number of nitrogens with one attached hydrogen (secondary N) is 1. The lowest BCUT2D eigenvalue weighted by Gasteiger charge is -2.05. The minimum absolute atomic E-state index is 0.0365. The summed E-state index contributed by atoms with van der Waals surface area (Å²) in [6.07, 6.45) is 1.58. The van der Waals surface area contributed by atoms with Crippen molar-refractivity contribution in [2.45, 2.75) is 9.79 Å². The van der Waals surface area contributed by atoms with Crippen LogP contribution >= 0.6 is 23.4 Å². The van der Waals surface area contributed by atoms with Gasteiger partial charge in [0.1, 0.15) is 11.9 Å². The van der Waals surface area contributed by atoms with Crippen LogP contribution in [0.25, 0.3) is 22.7 Å². The molecule has 146 valence electrons. The lowest BCUT2D eigenvalue weighted by Crippen LogP contribution is -1.92. The van der Waals surface area contributed by atoms with Crippen molar-refractivity contribution in [1.82, 2.24) is 9.97 Å². The van der Waals surface area contributed by atoms with Gasteiger partial charge in [0.2, 0.25) is 0 Å². The largest absolute Gasteiger partial charge is 0.337 e. The Labute approximate surface area is 181 Å². The number of nitro groups is 1. The molecule has 0 saturated carbocycles. The predicted molar refractivity (Wildman–Crippen MR) is 118 cm³/mol. The van der Waals surface area contributed by atoms with E-state index in [0.29, 0.717) is 26.9 Å². The van der Waals surface area contributed by atoms with Crippen molar-refractivity contribution in [3.63, 3.8) is 0 Å². The summed E-state index contributed by atoms with van der Waals surface area (Å²) in [5.74, 6) is 0.418. The highest BCUT2D eigenvalue weighted by atomic mass is 35.5. The van der Waals surface area contributed by atoms with Gasteiger partial charge in [-0.15, -0.1) is 0 Å². The van der Waals surface area contributed by atoms with Gasteiger partial charge in [-0.3, -0.25) is 10.1 Å². The molecule has 0 aliphatic carbocycles. The summed E-state index contributed by atoms with van der Waals surface area (Å²) in [5, 5.41) is 21.8. The van der Waals surface area contributed by atoms with Crippen LogP contribution in [-0.4, -0.2) is 14.9 Å². The van der Waals surface area contributed by atoms with Crippen LogP contribution in [0.4, 0.5) is 5.69 Å². The van der Waals surface area contributed by atoms with Gasteiger partial charge in [-0.2, -0.15) is 5.26 Å². The second kappa shape index (κ2) is 8.41. The number of para-hydroxylation sites is 2. The Morgan fingerprint density at radius 1 is 1.17 bits per heavy atom. The minimum Gasteiger partial charge on any atom is -0.337 e. The molecule has 0 amide bonds. The highest BCUT2D eigenvalue weighted by molar-refractivity contribution is 7.99. The molecule has 0 atom stereocenters. The number of imidazole rings is 1. The van der Waals surface area contributed by atoms with Crippen LogP contribution in [-0.2, 0) is 0 Å². The molecular formula is C22H13ClN4O2S. The van der Waals surface area contributed by atoms with Crippen molar-refractivity contribution in [1.29, 1.82) is 5.26 Å². The molecule has 0 aliphatic rings. The van der Waals surface area contributed by atoms with Gasteiger partial charge in [0.25, 0.3) is 5.69 Å². The molecule has 0 bridgehead atoms. The predicted octanol–water partition coefficient (Wildman–Crippen LogP) is 6.34. The van der Waals surface area contributed by atoms with E-state index >= 15 is 0 Å².